The molecule has 384 valence electrons. The van der Waals surface area contributed by atoms with E-state index in [1.54, 1.807) is 28.1 Å². The maximum absolute atomic E-state index is 14.4. The van der Waals surface area contributed by atoms with Crippen molar-refractivity contribution in [2.45, 2.75) is 193 Å². The molecule has 0 unspecified atom stereocenters. The van der Waals surface area contributed by atoms with E-state index in [9.17, 15) is 34.2 Å². The maximum atomic E-state index is 14.4. The lowest BCUT2D eigenvalue weighted by atomic mass is 9.78. The van der Waals surface area contributed by atoms with Crippen LogP contribution in [0.15, 0.2) is 47.6 Å². The molecule has 68 heavy (non-hydrogen) atoms. The van der Waals surface area contributed by atoms with E-state index < -0.39 is 86.3 Å². The molecule has 3 aliphatic heterocycles. The molecule has 2 saturated heterocycles. The van der Waals surface area contributed by atoms with Crippen molar-refractivity contribution in [2.24, 2.45) is 35.5 Å². The van der Waals surface area contributed by atoms with Crippen LogP contribution in [0.25, 0.3) is 0 Å². The third-order valence-electron chi connectivity index (χ3n) is 14.7. The molecule has 0 aromatic heterocycles. The minimum absolute atomic E-state index is 0.0562. The molecule has 2 N–H and O–H groups in total. The standard InChI is InChI=1S/C53H85NO13Si/c1-32-18-15-14-16-19-33(2)44(62-8)30-40-23-21-38(7)53(61,66-40)50(58)51(59)54-25-17-20-41(54)52(60)65-45(35(4)28-39-22-24-42(55)46(29-39)63-9)31-43(56)34(3)27-37(6)48(67-68(11,12)13)49(64-10)47(57)36(5)26-32/h14-16,18-19,27,32,34-36,38-42,44-46,48-49,55,61H,17,20-26,28-31H2,1-13H3/b16-14+,18-15+,33-19?,37-27+/t32-,34-,35-,36-,38-,39+,40+,41+,42-,44+,45+,46-,48-,49+,53-/m1/s1. The van der Waals surface area contributed by atoms with Crippen LogP contribution in [0.5, 0.6) is 0 Å². The molecule has 4 aliphatic rings. The van der Waals surface area contributed by atoms with Gasteiger partial charge in [-0.3, -0.25) is 19.2 Å². The van der Waals surface area contributed by atoms with Gasteiger partial charge in [-0.2, -0.15) is 0 Å². The zero-order valence-electron chi connectivity index (χ0n) is 43.4. The van der Waals surface area contributed by atoms with E-state index in [1.165, 1.54) is 12.0 Å². The van der Waals surface area contributed by atoms with Crippen LogP contribution in [0.4, 0.5) is 0 Å². The summed E-state index contributed by atoms with van der Waals surface area (Å²) in [5.74, 6) is -7.43. The van der Waals surface area contributed by atoms with Crippen molar-refractivity contribution < 1.29 is 62.3 Å². The lowest BCUT2D eigenvalue weighted by molar-refractivity contribution is -0.265. The highest BCUT2D eigenvalue weighted by Gasteiger charge is 2.53. The van der Waals surface area contributed by atoms with E-state index in [-0.39, 0.29) is 60.7 Å². The second kappa shape index (κ2) is 25.8. The highest BCUT2D eigenvalue weighted by Crippen LogP contribution is 2.38. The molecular weight excluding hydrogens is 887 g/mol. The number of methoxy groups -OCH3 is 3. The van der Waals surface area contributed by atoms with Gasteiger partial charge in [-0.15, -0.1) is 0 Å². The summed E-state index contributed by atoms with van der Waals surface area (Å²) in [6.07, 6.45) is 12.0. The first kappa shape index (κ1) is 57.4. The topological polar surface area (TPSA) is 184 Å². The van der Waals surface area contributed by atoms with Gasteiger partial charge in [0.05, 0.1) is 30.5 Å². The third-order valence-corrected chi connectivity index (χ3v) is 15.6. The van der Waals surface area contributed by atoms with Crippen LogP contribution in [-0.4, -0.2) is 135 Å². The molecule has 0 aromatic rings. The lowest BCUT2D eigenvalue weighted by Gasteiger charge is -2.41. The summed E-state index contributed by atoms with van der Waals surface area (Å²) in [4.78, 5) is 72.5. The molecule has 0 radical (unpaired) electrons. The Labute approximate surface area is 407 Å². The van der Waals surface area contributed by atoms with Crippen molar-refractivity contribution in [1.29, 1.82) is 0 Å². The Balaban J connectivity index is 1.74. The smallest absolute Gasteiger partial charge is 0.329 e. The number of hydrogen-bond acceptors (Lipinski definition) is 13. The second-order valence-corrected chi connectivity index (χ2v) is 25.9. The van der Waals surface area contributed by atoms with E-state index in [2.05, 4.69) is 6.92 Å². The molecule has 15 heteroatoms. The Hall–Kier alpha value is -3.15. The summed E-state index contributed by atoms with van der Waals surface area (Å²) < 4.78 is 36.5. The normalized spacial score (nSPS) is 38.5. The van der Waals surface area contributed by atoms with E-state index in [4.69, 9.17) is 28.1 Å². The minimum Gasteiger partial charge on any atom is -0.460 e. The number of carbonyl (C=O) groups excluding carboxylic acids is 5. The molecule has 1 amide bonds. The Morgan fingerprint density at radius 2 is 1.56 bits per heavy atom. The van der Waals surface area contributed by atoms with Crippen LogP contribution in [0, 0.1) is 35.5 Å². The number of hydrogen-bond donors (Lipinski definition) is 2. The lowest BCUT2D eigenvalue weighted by Crippen LogP contribution is -2.59. The molecule has 3 fully saturated rings. The van der Waals surface area contributed by atoms with Gasteiger partial charge in [0, 0.05) is 58.5 Å². The number of aliphatic hydroxyl groups excluding tert-OH is 1. The largest absolute Gasteiger partial charge is 0.460 e. The fourth-order valence-corrected chi connectivity index (χ4v) is 11.5. The molecule has 1 aliphatic carbocycles. The highest BCUT2D eigenvalue weighted by atomic mass is 28.4. The number of fused-ring (bicyclic) bond motifs is 3. The third kappa shape index (κ3) is 15.4. The van der Waals surface area contributed by atoms with Gasteiger partial charge in [0.15, 0.2) is 14.1 Å². The SMILES string of the molecule is CO[C@H]1C[C@@H]2CC[C@@H](C)[C@@](O)(O2)C(=O)C(=O)N2CCC[C@H]2C(=O)O[C@H]([C@H](C)C[C@@H]2CC[C@@H](O)[C@H](OC)C2)CC(=O)[C@H](C)/C=C(\C)[C@@H](O[Si](C)(C)C)[C@@H](OC)C(=O)[C@H](C)C[C@H](C)/C=C/C=C/C=C1C. The number of amides is 1. The Morgan fingerprint density at radius 1 is 0.853 bits per heavy atom. The average molecular weight is 972 g/mol. The first-order chi connectivity index (χ1) is 31.9. The molecule has 2 bridgehead atoms. The zero-order valence-corrected chi connectivity index (χ0v) is 44.4. The molecule has 0 spiro atoms. The zero-order chi connectivity index (χ0) is 50.7. The van der Waals surface area contributed by atoms with Crippen LogP contribution in [0.1, 0.15) is 119 Å². The highest BCUT2D eigenvalue weighted by molar-refractivity contribution is 6.69. The monoisotopic (exact) mass is 972 g/mol. The van der Waals surface area contributed by atoms with Crippen molar-refractivity contribution in [1.82, 2.24) is 4.90 Å². The molecule has 1 saturated carbocycles. The van der Waals surface area contributed by atoms with Gasteiger partial charge in [-0.1, -0.05) is 71.1 Å². The minimum atomic E-state index is -2.42. The van der Waals surface area contributed by atoms with Crippen LogP contribution < -0.4 is 0 Å². The summed E-state index contributed by atoms with van der Waals surface area (Å²) in [5, 5.41) is 22.5. The first-order valence-electron chi connectivity index (χ1n) is 25.1. The Bertz CT molecular complexity index is 1860. The summed E-state index contributed by atoms with van der Waals surface area (Å²) in [6, 6.07) is -1.12. The number of Topliss-reactive ketones (excluding diaryl/α,β-unsaturated/α-hetero) is 3. The quantitative estimate of drug-likeness (QED) is 0.105. The van der Waals surface area contributed by atoms with Gasteiger partial charge in [-0.25, -0.2) is 4.79 Å². The van der Waals surface area contributed by atoms with Crippen LogP contribution in [0.3, 0.4) is 0 Å². The molecular formula is C53H85NO13Si. The van der Waals surface area contributed by atoms with Gasteiger partial charge in [0.1, 0.15) is 24.0 Å². The van der Waals surface area contributed by atoms with E-state index >= 15 is 0 Å². The predicted octanol–water partition coefficient (Wildman–Crippen LogP) is 7.65. The number of ether oxygens (including phenoxy) is 5. The summed E-state index contributed by atoms with van der Waals surface area (Å²) in [7, 11) is 2.40. The second-order valence-electron chi connectivity index (χ2n) is 21.4. The average Bonchev–Trinajstić information content (AvgIpc) is 3.78. The van der Waals surface area contributed by atoms with Crippen molar-refractivity contribution in [3.63, 3.8) is 0 Å². The number of cyclic esters (lactones) is 1. The fourth-order valence-electron chi connectivity index (χ4n) is 10.5. The summed E-state index contributed by atoms with van der Waals surface area (Å²) in [5.41, 5.74) is 1.58. The Morgan fingerprint density at radius 3 is 2.21 bits per heavy atom. The van der Waals surface area contributed by atoms with E-state index in [0.717, 1.165) is 12.0 Å². The number of rotatable bonds is 8. The van der Waals surface area contributed by atoms with E-state index in [1.807, 2.05) is 83.8 Å². The van der Waals surface area contributed by atoms with Crippen molar-refractivity contribution in [3.8, 4) is 0 Å². The molecule has 4 rings (SSSR count). The van der Waals surface area contributed by atoms with Gasteiger partial charge in [0.25, 0.3) is 11.7 Å². The molecule has 14 nitrogen and oxygen atoms in total. The van der Waals surface area contributed by atoms with Gasteiger partial charge in [-0.05, 0) is 120 Å². The first-order valence-corrected chi connectivity index (χ1v) is 28.5. The van der Waals surface area contributed by atoms with Crippen LogP contribution in [-0.2, 0) is 52.1 Å². The van der Waals surface area contributed by atoms with Gasteiger partial charge in [0.2, 0.25) is 5.79 Å². The number of nitrogens with zero attached hydrogens (tertiary/aromatic N) is 1. The molecule has 15 atom stereocenters. The van der Waals surface area contributed by atoms with Crippen molar-refractivity contribution in [3.05, 3.63) is 47.6 Å². The van der Waals surface area contributed by atoms with Crippen LogP contribution >= 0.6 is 0 Å². The van der Waals surface area contributed by atoms with Crippen molar-refractivity contribution >= 4 is 37.5 Å². The number of carbonyl (C=O) groups is 5. The maximum Gasteiger partial charge on any atom is 0.329 e. The van der Waals surface area contributed by atoms with Crippen LogP contribution in [0.2, 0.25) is 19.6 Å². The van der Waals surface area contributed by atoms with Crippen molar-refractivity contribution in [2.75, 3.05) is 27.9 Å². The fraction of sp³-hybridized carbons (Fsp3) is 0.755. The molecule has 3 heterocycles. The number of allylic oxidation sites excluding steroid dienone is 6. The number of ketones is 3. The predicted molar refractivity (Wildman–Crippen MR) is 263 cm³/mol. The summed E-state index contributed by atoms with van der Waals surface area (Å²) >= 11 is 0. The molecule has 0 aromatic carbocycles. The van der Waals surface area contributed by atoms with Gasteiger partial charge >= 0.3 is 5.97 Å². The Kier molecular flexibility index (Phi) is 21.8. The number of aliphatic hydroxyl groups is 2. The van der Waals surface area contributed by atoms with Gasteiger partial charge < -0.3 is 43.2 Å². The summed E-state index contributed by atoms with van der Waals surface area (Å²) in [6.45, 7) is 19.4. The van der Waals surface area contributed by atoms with E-state index in [0.29, 0.717) is 56.9 Å². The number of esters is 1.